The quantitative estimate of drug-likeness (QED) is 0.531. The highest BCUT2D eigenvalue weighted by Crippen LogP contribution is 2.31. The maximum atomic E-state index is 13.6. The van der Waals surface area contributed by atoms with Gasteiger partial charge in [-0.1, -0.05) is 23.5 Å². The zero-order valence-electron chi connectivity index (χ0n) is 19.4. The van der Waals surface area contributed by atoms with Crippen LogP contribution in [0.4, 0.5) is 10.8 Å². The topological polar surface area (TPSA) is 48.9 Å². The first-order chi connectivity index (χ1) is 16.1. The largest absolute Gasteiger partial charge is 0.376 e. The summed E-state index contributed by atoms with van der Waals surface area (Å²) >= 11 is 1.57. The Labute approximate surface area is 199 Å². The molecule has 1 atom stereocenters. The van der Waals surface area contributed by atoms with E-state index in [1.165, 1.54) is 5.69 Å². The summed E-state index contributed by atoms with van der Waals surface area (Å²) in [5.74, 6) is -0.0132. The molecule has 0 N–H and O–H groups in total. The molecule has 174 valence electrons. The maximum Gasteiger partial charge on any atom is 0.260 e. The number of aromatic nitrogens is 1. The van der Waals surface area contributed by atoms with Gasteiger partial charge in [0.2, 0.25) is 0 Å². The van der Waals surface area contributed by atoms with Gasteiger partial charge >= 0.3 is 0 Å². The summed E-state index contributed by atoms with van der Waals surface area (Å²) in [5, 5.41) is 0.741. The lowest BCUT2D eigenvalue weighted by Gasteiger charge is -2.38. The van der Waals surface area contributed by atoms with E-state index >= 15 is 0 Å². The molecule has 2 fully saturated rings. The van der Waals surface area contributed by atoms with Gasteiger partial charge < -0.3 is 9.64 Å². The zero-order chi connectivity index (χ0) is 22.8. The Morgan fingerprint density at radius 3 is 2.55 bits per heavy atom. The molecule has 1 amide bonds. The van der Waals surface area contributed by atoms with Crippen molar-refractivity contribution in [3.63, 3.8) is 0 Å². The van der Waals surface area contributed by atoms with Gasteiger partial charge in [0.1, 0.15) is 0 Å². The summed E-state index contributed by atoms with van der Waals surface area (Å²) in [6, 6.07) is 16.7. The predicted octanol–water partition coefficient (Wildman–Crippen LogP) is 4.65. The number of amides is 1. The molecule has 33 heavy (non-hydrogen) atoms. The number of benzene rings is 2. The summed E-state index contributed by atoms with van der Waals surface area (Å²) in [6.45, 7) is 10.00. The van der Waals surface area contributed by atoms with E-state index in [4.69, 9.17) is 9.72 Å². The first kappa shape index (κ1) is 22.3. The Balaban J connectivity index is 1.35. The van der Waals surface area contributed by atoms with Gasteiger partial charge in [-0.15, -0.1) is 0 Å². The highest BCUT2D eigenvalue weighted by atomic mass is 32.1. The van der Waals surface area contributed by atoms with Crippen molar-refractivity contribution in [2.75, 3.05) is 49.1 Å². The number of carbonyl (C=O) groups excluding carboxylic acids is 1. The summed E-state index contributed by atoms with van der Waals surface area (Å²) in [5.41, 5.74) is 2.80. The van der Waals surface area contributed by atoms with Crippen molar-refractivity contribution in [3.05, 3.63) is 54.1 Å². The second-order valence-electron chi connectivity index (χ2n) is 9.18. The Morgan fingerprint density at radius 2 is 1.88 bits per heavy atom. The minimum absolute atomic E-state index is 0.0132. The molecule has 1 unspecified atom stereocenters. The fourth-order valence-electron chi connectivity index (χ4n) is 4.68. The van der Waals surface area contributed by atoms with Gasteiger partial charge in [-0.3, -0.25) is 14.6 Å². The van der Waals surface area contributed by atoms with E-state index in [1.54, 1.807) is 11.3 Å². The van der Waals surface area contributed by atoms with Crippen LogP contribution in [-0.2, 0) is 4.74 Å². The third kappa shape index (κ3) is 4.90. The molecular weight excluding hydrogens is 432 g/mol. The molecule has 2 aliphatic heterocycles. The second-order valence-corrected chi connectivity index (χ2v) is 10.2. The molecule has 2 saturated heterocycles. The number of anilines is 2. The molecule has 6 nitrogen and oxygen atoms in total. The number of hydrogen-bond acceptors (Lipinski definition) is 6. The van der Waals surface area contributed by atoms with E-state index in [1.807, 2.05) is 35.2 Å². The first-order valence-corrected chi connectivity index (χ1v) is 12.8. The van der Waals surface area contributed by atoms with Crippen LogP contribution in [0.1, 0.15) is 37.0 Å². The van der Waals surface area contributed by atoms with Crippen molar-refractivity contribution in [1.29, 1.82) is 0 Å². The number of para-hydroxylation sites is 1. The number of hydrogen-bond donors (Lipinski definition) is 0. The lowest BCUT2D eigenvalue weighted by atomic mass is 10.1. The maximum absolute atomic E-state index is 13.6. The van der Waals surface area contributed by atoms with Gasteiger partial charge in [0.25, 0.3) is 5.91 Å². The lowest BCUT2D eigenvalue weighted by Crippen LogP contribution is -2.48. The van der Waals surface area contributed by atoms with Crippen LogP contribution in [-0.4, -0.2) is 67.3 Å². The van der Waals surface area contributed by atoms with E-state index in [2.05, 4.69) is 41.8 Å². The Kier molecular flexibility index (Phi) is 6.62. The van der Waals surface area contributed by atoms with Crippen molar-refractivity contribution >= 4 is 38.3 Å². The Hall–Kier alpha value is -2.48. The van der Waals surface area contributed by atoms with Crippen molar-refractivity contribution in [3.8, 4) is 0 Å². The molecule has 3 aromatic rings. The summed E-state index contributed by atoms with van der Waals surface area (Å²) in [6.07, 6.45) is 2.10. The van der Waals surface area contributed by atoms with Gasteiger partial charge in [0, 0.05) is 50.1 Å². The number of rotatable bonds is 6. The molecule has 0 bridgehead atoms. The molecular formula is C26H32N4O2S. The minimum Gasteiger partial charge on any atom is -0.376 e. The van der Waals surface area contributed by atoms with E-state index in [0.29, 0.717) is 18.2 Å². The van der Waals surface area contributed by atoms with E-state index in [9.17, 15) is 4.79 Å². The average molecular weight is 465 g/mol. The smallest absolute Gasteiger partial charge is 0.260 e. The third-order valence-corrected chi connectivity index (χ3v) is 7.75. The fourth-order valence-corrected chi connectivity index (χ4v) is 5.66. The highest BCUT2D eigenvalue weighted by molar-refractivity contribution is 7.22. The van der Waals surface area contributed by atoms with Gasteiger partial charge in [-0.25, -0.2) is 4.98 Å². The Morgan fingerprint density at radius 1 is 1.12 bits per heavy atom. The van der Waals surface area contributed by atoms with Crippen molar-refractivity contribution in [1.82, 2.24) is 9.88 Å². The van der Waals surface area contributed by atoms with Crippen molar-refractivity contribution < 1.29 is 9.53 Å². The van der Waals surface area contributed by atoms with Crippen LogP contribution in [0.25, 0.3) is 10.2 Å². The normalized spacial score (nSPS) is 19.5. The molecule has 0 radical (unpaired) electrons. The van der Waals surface area contributed by atoms with Gasteiger partial charge in [-0.2, -0.15) is 0 Å². The summed E-state index contributed by atoms with van der Waals surface area (Å²) in [7, 11) is 0. The fraction of sp³-hybridized carbons (Fsp3) is 0.462. The minimum atomic E-state index is -0.0132. The SMILES string of the molecule is CC(C)N1CCN(c2ccc(C(=O)N(CC3CCCO3)c3nc4ccccc4s3)cc2)CC1. The molecule has 0 saturated carbocycles. The highest BCUT2D eigenvalue weighted by Gasteiger charge is 2.27. The van der Waals surface area contributed by atoms with Crippen LogP contribution in [0.2, 0.25) is 0 Å². The first-order valence-electron chi connectivity index (χ1n) is 12.0. The van der Waals surface area contributed by atoms with Crippen LogP contribution < -0.4 is 9.80 Å². The van der Waals surface area contributed by atoms with Gasteiger partial charge in [-0.05, 0) is 63.1 Å². The molecule has 0 aliphatic carbocycles. The van der Waals surface area contributed by atoms with Crippen molar-refractivity contribution in [2.24, 2.45) is 0 Å². The van der Waals surface area contributed by atoms with Crippen LogP contribution in [0.5, 0.6) is 0 Å². The van der Waals surface area contributed by atoms with Gasteiger partial charge in [0.15, 0.2) is 5.13 Å². The van der Waals surface area contributed by atoms with Crippen LogP contribution in [0, 0.1) is 0 Å². The number of fused-ring (bicyclic) bond motifs is 1. The molecule has 2 aliphatic rings. The third-order valence-electron chi connectivity index (χ3n) is 6.69. The Bertz CT molecular complexity index is 1050. The predicted molar refractivity (Wildman–Crippen MR) is 136 cm³/mol. The summed E-state index contributed by atoms with van der Waals surface area (Å²) < 4.78 is 6.95. The zero-order valence-corrected chi connectivity index (χ0v) is 20.3. The van der Waals surface area contributed by atoms with E-state index in [0.717, 1.165) is 61.0 Å². The van der Waals surface area contributed by atoms with Crippen molar-refractivity contribution in [2.45, 2.75) is 38.8 Å². The van der Waals surface area contributed by atoms with Gasteiger partial charge in [0.05, 0.1) is 22.9 Å². The number of nitrogens with zero attached hydrogens (tertiary/aromatic N) is 4. The number of piperazine rings is 1. The van der Waals surface area contributed by atoms with Crippen LogP contribution >= 0.6 is 11.3 Å². The molecule has 7 heteroatoms. The monoisotopic (exact) mass is 464 g/mol. The number of carbonyl (C=O) groups is 1. The molecule has 0 spiro atoms. The standard InChI is InChI=1S/C26H32N4O2S/c1-19(2)28-13-15-29(16-14-28)21-11-9-20(10-12-21)25(31)30(18-22-6-5-17-32-22)26-27-23-7-3-4-8-24(23)33-26/h3-4,7-12,19,22H,5-6,13-18H2,1-2H3. The molecule has 3 heterocycles. The average Bonchev–Trinajstić information content (AvgIpc) is 3.52. The molecule has 5 rings (SSSR count). The molecule has 2 aromatic carbocycles. The number of ether oxygens (including phenoxy) is 1. The number of thiazole rings is 1. The van der Waals surface area contributed by atoms with E-state index < -0.39 is 0 Å². The summed E-state index contributed by atoms with van der Waals surface area (Å²) in [4.78, 5) is 25.1. The van der Waals surface area contributed by atoms with E-state index in [-0.39, 0.29) is 12.0 Å². The van der Waals surface area contributed by atoms with Crippen LogP contribution in [0.15, 0.2) is 48.5 Å². The lowest BCUT2D eigenvalue weighted by molar-refractivity contribution is 0.0917. The second kappa shape index (κ2) is 9.79. The van der Waals surface area contributed by atoms with Crippen LogP contribution in [0.3, 0.4) is 0 Å². The molecule has 1 aromatic heterocycles.